The molecule has 52 valence electrons. The summed E-state index contributed by atoms with van der Waals surface area (Å²) in [7, 11) is 0. The third-order valence-electron chi connectivity index (χ3n) is 0.586. The van der Waals surface area contributed by atoms with Gasteiger partial charge in [-0.15, -0.1) is 0 Å². The van der Waals surface area contributed by atoms with E-state index in [-0.39, 0.29) is 47.0 Å². The van der Waals surface area contributed by atoms with Crippen LogP contribution in [0, 0.1) is 0 Å². The van der Waals surface area contributed by atoms with Crippen LogP contribution < -0.4 is 0 Å². The molecule has 0 rings (SSSR count). The van der Waals surface area contributed by atoms with Gasteiger partial charge in [-0.05, 0) is 0 Å². The second-order valence-corrected chi connectivity index (χ2v) is 1.25. The summed E-state index contributed by atoms with van der Waals surface area (Å²) < 4.78 is 3.87. The largest absolute Gasteiger partial charge is 2.00 e. The maximum atomic E-state index is 9.59. The molecule has 0 aliphatic carbocycles. The van der Waals surface area contributed by atoms with Gasteiger partial charge in [0, 0.05) is 6.42 Å². The molecule has 1 atom stereocenters. The van der Waals surface area contributed by atoms with Gasteiger partial charge >= 0.3 is 43.9 Å². The topological polar surface area (TPSA) is 66.8 Å². The van der Waals surface area contributed by atoms with E-state index in [1.165, 1.54) is 0 Å². The molecular weight excluding hydrogens is 152 g/mol. The monoisotopic (exact) mass is 162 g/mol. The fourth-order valence-corrected chi connectivity index (χ4v) is 0.200. The van der Waals surface area contributed by atoms with Crippen LogP contribution in [0.25, 0.3) is 0 Å². The molecule has 2 N–H and O–H groups in total. The smallest absolute Gasteiger partial charge is 1.00 e. The van der Waals surface area contributed by atoms with Gasteiger partial charge in [0.25, 0.3) is 0 Å². The van der Waals surface area contributed by atoms with Gasteiger partial charge in [0.05, 0.1) is 0 Å². The molecule has 0 spiro atoms. The number of aliphatic hydroxyl groups is 1. The molecule has 4 nitrogen and oxygen atoms in total. The van der Waals surface area contributed by atoms with Gasteiger partial charge in [-0.3, -0.25) is 0 Å². The molecule has 9 heavy (non-hydrogen) atoms. The molecule has 0 bridgehead atoms. The van der Waals surface area contributed by atoms with Crippen LogP contribution in [0.5, 0.6) is 0 Å². The molecule has 5 heteroatoms. The molecule has 0 heterocycles. The summed E-state index contributed by atoms with van der Waals surface area (Å²) in [5, 5.41) is 16.3. The Labute approximate surface area is 85.8 Å². The fraction of sp³-hybridized carbons (Fsp3) is 0.750. The summed E-state index contributed by atoms with van der Waals surface area (Å²) in [4.78, 5) is 9.59. The Bertz CT molecular complexity index is 92.2. The number of aliphatic hydroxyl groups excluding tert-OH is 1. The molecule has 0 amide bonds. The minimum absolute atomic E-state index is 0. The average molecular weight is 162 g/mol. The first kappa shape index (κ1) is 12.2. The van der Waals surface area contributed by atoms with Gasteiger partial charge in [-0.1, -0.05) is 6.92 Å². The summed E-state index contributed by atoms with van der Waals surface area (Å²) in [5.41, 5.74) is 0. The van der Waals surface area contributed by atoms with Gasteiger partial charge < -0.3 is 17.8 Å². The van der Waals surface area contributed by atoms with Crippen LogP contribution in [-0.4, -0.2) is 60.4 Å². The van der Waals surface area contributed by atoms with Gasteiger partial charge in [-0.2, -0.15) is 0 Å². The van der Waals surface area contributed by atoms with Gasteiger partial charge in [-0.25, -0.2) is 4.79 Å². The van der Waals surface area contributed by atoms with Crippen molar-refractivity contribution < 1.29 is 22.6 Å². The Balaban J connectivity index is -0.0000000817. The van der Waals surface area contributed by atoms with Crippen LogP contribution in [0.1, 0.15) is 16.2 Å². The Morgan fingerprint density at radius 2 is 2.33 bits per heavy atom. The first-order valence-corrected chi connectivity index (χ1v) is 2.24. The van der Waals surface area contributed by atoms with Gasteiger partial charge in [0.1, 0.15) is 0 Å². The summed E-state index contributed by atoms with van der Waals surface area (Å²) in [5.74, 6) is 0. The molecule has 0 radical (unpaired) electrons. The first-order valence-electron chi connectivity index (χ1n) is 2.24. The Morgan fingerprint density at radius 1 is 1.89 bits per heavy atom. The number of ether oxygens (including phenoxy) is 1. The molecule has 0 saturated carbocycles. The second kappa shape index (κ2) is 6.61. The van der Waals surface area contributed by atoms with Crippen molar-refractivity contribution in [1.82, 2.24) is 0 Å². The summed E-state index contributed by atoms with van der Waals surface area (Å²) in [6.45, 7) is 1.62. The molecule has 0 aliphatic rings. The minimum Gasteiger partial charge on any atom is -1.00 e. The Kier molecular flexibility index (Phi) is 8.95. The number of carboxylic acid groups (broad SMARTS) is 1. The predicted octanol–water partition coefficient (Wildman–Crippen LogP) is 0.254. The van der Waals surface area contributed by atoms with E-state index in [9.17, 15) is 4.79 Å². The van der Waals surface area contributed by atoms with Crippen LogP contribution in [0.15, 0.2) is 0 Å². The summed E-state index contributed by atoms with van der Waals surface area (Å²) in [6.07, 6.45) is -2.33. The van der Waals surface area contributed by atoms with E-state index >= 15 is 0 Å². The summed E-state index contributed by atoms with van der Waals surface area (Å²) >= 11 is 0. The minimum atomic E-state index is -1.45. The number of rotatable bonds is 2. The maximum Gasteiger partial charge on any atom is 2.00 e. The van der Waals surface area contributed by atoms with E-state index in [1.807, 2.05) is 0 Å². The van der Waals surface area contributed by atoms with Crippen molar-refractivity contribution in [2.45, 2.75) is 19.6 Å². The first-order chi connectivity index (χ1) is 3.66. The molecule has 0 aromatic heterocycles. The van der Waals surface area contributed by atoms with Crippen LogP contribution >= 0.6 is 0 Å². The van der Waals surface area contributed by atoms with Crippen LogP contribution in [-0.2, 0) is 4.74 Å². The normalized spacial score (nSPS) is 11.3. The van der Waals surface area contributed by atoms with Crippen LogP contribution in [0.3, 0.4) is 0 Å². The zero-order valence-corrected chi connectivity index (χ0v) is 7.41. The Morgan fingerprint density at radius 3 is 2.44 bits per heavy atom. The Hall–Kier alpha value is 0.490. The average Bonchev–Trinajstić information content (AvgIpc) is 1.65. The summed E-state index contributed by atoms with van der Waals surface area (Å²) in [6, 6.07) is 0. The molecule has 1 unspecified atom stereocenters. The van der Waals surface area contributed by atoms with Crippen molar-refractivity contribution in [3.8, 4) is 0 Å². The van der Waals surface area contributed by atoms with E-state index in [0.717, 1.165) is 0 Å². The van der Waals surface area contributed by atoms with Crippen molar-refractivity contribution in [3.05, 3.63) is 0 Å². The predicted molar refractivity (Wildman–Crippen MR) is 33.4 cm³/mol. The molecular formula is C4H10CaO4. The SMILES string of the molecule is CCC(O)OC(=O)O.[Ca+2].[H-].[H-]. The third-order valence-corrected chi connectivity index (χ3v) is 0.586. The van der Waals surface area contributed by atoms with E-state index in [4.69, 9.17) is 10.2 Å². The van der Waals surface area contributed by atoms with E-state index in [0.29, 0.717) is 0 Å². The fourth-order valence-electron chi connectivity index (χ4n) is 0.200. The molecule has 0 aromatic rings. The molecule has 0 fully saturated rings. The van der Waals surface area contributed by atoms with Crippen LogP contribution in [0.2, 0.25) is 0 Å². The third kappa shape index (κ3) is 8.49. The van der Waals surface area contributed by atoms with E-state index in [2.05, 4.69) is 4.74 Å². The molecule has 0 saturated heterocycles. The van der Waals surface area contributed by atoms with E-state index in [1.54, 1.807) is 6.92 Å². The zero-order chi connectivity index (χ0) is 6.57. The van der Waals surface area contributed by atoms with Gasteiger partial charge in [0.2, 0.25) is 6.29 Å². The van der Waals surface area contributed by atoms with Crippen molar-refractivity contribution in [2.24, 2.45) is 0 Å². The molecule has 0 aromatic carbocycles. The molecule has 0 aliphatic heterocycles. The van der Waals surface area contributed by atoms with Gasteiger partial charge in [0.15, 0.2) is 0 Å². The number of hydrogen-bond acceptors (Lipinski definition) is 3. The van der Waals surface area contributed by atoms with Crippen molar-refractivity contribution in [1.29, 1.82) is 0 Å². The van der Waals surface area contributed by atoms with Crippen molar-refractivity contribution >= 4 is 43.9 Å². The van der Waals surface area contributed by atoms with E-state index < -0.39 is 12.4 Å². The second-order valence-electron chi connectivity index (χ2n) is 1.25. The standard InChI is InChI=1S/C4H8O4.Ca.2H/c1-2-3(5)8-4(6)7;;;/h3,5H,2H2,1H3,(H,6,7);;;/q;+2;2*-1. The zero-order valence-electron chi connectivity index (χ0n) is 7.20. The number of hydrogen-bond donors (Lipinski definition) is 2. The van der Waals surface area contributed by atoms with Crippen molar-refractivity contribution in [3.63, 3.8) is 0 Å². The maximum absolute atomic E-state index is 9.59. The number of carbonyl (C=O) groups is 1. The quantitative estimate of drug-likeness (QED) is 0.347. The van der Waals surface area contributed by atoms with Crippen molar-refractivity contribution in [2.75, 3.05) is 0 Å². The van der Waals surface area contributed by atoms with Crippen LogP contribution in [0.4, 0.5) is 4.79 Å².